The third kappa shape index (κ3) is 3.02. The average molecular weight is 309 g/mol. The summed E-state index contributed by atoms with van der Waals surface area (Å²) in [5.41, 5.74) is 2.36. The van der Waals surface area contributed by atoms with Crippen molar-refractivity contribution in [2.24, 2.45) is 5.92 Å². The Kier molecular flexibility index (Phi) is 4.49. The Bertz CT molecular complexity index is 666. The van der Waals surface area contributed by atoms with E-state index in [1.807, 2.05) is 37.3 Å². The Morgan fingerprint density at radius 2 is 1.65 bits per heavy atom. The molecule has 0 saturated carbocycles. The van der Waals surface area contributed by atoms with Crippen LogP contribution in [0.15, 0.2) is 54.6 Å². The van der Waals surface area contributed by atoms with E-state index in [0.717, 1.165) is 11.3 Å². The van der Waals surface area contributed by atoms with Crippen LogP contribution in [0.1, 0.15) is 36.6 Å². The highest BCUT2D eigenvalue weighted by atomic mass is 16.5. The molecule has 0 radical (unpaired) electrons. The van der Waals surface area contributed by atoms with Gasteiger partial charge in [-0.1, -0.05) is 49.4 Å². The van der Waals surface area contributed by atoms with E-state index in [-0.39, 0.29) is 18.0 Å². The van der Waals surface area contributed by atoms with E-state index >= 15 is 0 Å². The van der Waals surface area contributed by atoms with Gasteiger partial charge in [0.25, 0.3) is 0 Å². The molecular weight excluding hydrogens is 286 g/mol. The summed E-state index contributed by atoms with van der Waals surface area (Å²) in [7, 11) is 3.79. The van der Waals surface area contributed by atoms with Gasteiger partial charge in [0.1, 0.15) is 11.5 Å². The third-order valence-electron chi connectivity index (χ3n) is 4.95. The van der Waals surface area contributed by atoms with Gasteiger partial charge >= 0.3 is 0 Å². The van der Waals surface area contributed by atoms with Crippen LogP contribution in [0.4, 0.5) is 0 Å². The summed E-state index contributed by atoms with van der Waals surface area (Å²) in [4.78, 5) is 14.9. The van der Waals surface area contributed by atoms with Gasteiger partial charge in [-0.15, -0.1) is 0 Å². The Labute approximate surface area is 137 Å². The summed E-state index contributed by atoms with van der Waals surface area (Å²) in [6, 6.07) is 18.6. The highest BCUT2D eigenvalue weighted by Crippen LogP contribution is 2.42. The third-order valence-corrected chi connectivity index (χ3v) is 4.95. The molecule has 0 unspecified atom stereocenters. The molecule has 0 spiro atoms. The standard InChI is InChI=1S/C20H23NO2/c1-14-19(22)13-18(15-9-11-17(23-3)12-10-15)21(2)20(14)16-7-5-4-6-8-16/h4-12,14,18,20H,13H2,1-3H3/t14-,18+,20-/m0/s1. The van der Waals surface area contributed by atoms with Gasteiger partial charge in [-0.2, -0.15) is 0 Å². The van der Waals surface area contributed by atoms with E-state index in [1.54, 1.807) is 7.11 Å². The number of rotatable bonds is 3. The molecule has 0 amide bonds. The quantitative estimate of drug-likeness (QED) is 0.857. The minimum atomic E-state index is 0.0110. The first-order chi connectivity index (χ1) is 11.1. The molecule has 0 N–H and O–H groups in total. The van der Waals surface area contributed by atoms with Crippen LogP contribution in [0.5, 0.6) is 5.75 Å². The van der Waals surface area contributed by atoms with E-state index < -0.39 is 0 Å². The molecule has 3 heteroatoms. The summed E-state index contributed by atoms with van der Waals surface area (Å²) in [6.45, 7) is 2.04. The maximum atomic E-state index is 12.6. The van der Waals surface area contributed by atoms with E-state index in [1.165, 1.54) is 5.56 Å². The second kappa shape index (κ2) is 6.55. The molecular formula is C20H23NO2. The van der Waals surface area contributed by atoms with Gasteiger partial charge in [0.15, 0.2) is 0 Å². The van der Waals surface area contributed by atoms with Gasteiger partial charge in [0.05, 0.1) is 7.11 Å². The first-order valence-corrected chi connectivity index (χ1v) is 8.05. The van der Waals surface area contributed by atoms with Crippen LogP contribution in [0, 0.1) is 5.92 Å². The number of likely N-dealkylation sites (tertiary alicyclic amines) is 1. The summed E-state index contributed by atoms with van der Waals surface area (Å²) in [6.07, 6.45) is 0.563. The molecule has 3 nitrogen and oxygen atoms in total. The second-order valence-corrected chi connectivity index (χ2v) is 6.27. The second-order valence-electron chi connectivity index (χ2n) is 6.27. The number of hydrogen-bond donors (Lipinski definition) is 0. The van der Waals surface area contributed by atoms with Crippen LogP contribution in [0.3, 0.4) is 0 Å². The van der Waals surface area contributed by atoms with Crippen molar-refractivity contribution in [2.45, 2.75) is 25.4 Å². The molecule has 1 heterocycles. The summed E-state index contributed by atoms with van der Waals surface area (Å²) >= 11 is 0. The van der Waals surface area contributed by atoms with Crippen LogP contribution >= 0.6 is 0 Å². The van der Waals surface area contributed by atoms with E-state index in [4.69, 9.17) is 4.74 Å². The van der Waals surface area contributed by atoms with Crippen molar-refractivity contribution < 1.29 is 9.53 Å². The van der Waals surface area contributed by atoms with Crippen LogP contribution < -0.4 is 4.74 Å². The molecule has 0 bridgehead atoms. The Hall–Kier alpha value is -2.13. The molecule has 3 atom stereocenters. The molecule has 2 aromatic carbocycles. The van der Waals surface area contributed by atoms with Crippen molar-refractivity contribution in [1.29, 1.82) is 0 Å². The Balaban J connectivity index is 1.94. The number of Topliss-reactive ketones (excluding diaryl/α,β-unsaturated/α-hetero) is 1. The fourth-order valence-electron chi connectivity index (χ4n) is 3.60. The minimum absolute atomic E-state index is 0.0110. The fourth-order valence-corrected chi connectivity index (χ4v) is 3.60. The SMILES string of the molecule is COc1ccc([C@H]2CC(=O)[C@H](C)[C@@H](c3ccccc3)N2C)cc1. The lowest BCUT2D eigenvalue weighted by Crippen LogP contribution is -2.42. The van der Waals surface area contributed by atoms with Gasteiger partial charge < -0.3 is 4.74 Å². The van der Waals surface area contributed by atoms with Crippen molar-refractivity contribution in [2.75, 3.05) is 14.2 Å². The van der Waals surface area contributed by atoms with Crippen molar-refractivity contribution in [3.8, 4) is 5.75 Å². The van der Waals surface area contributed by atoms with Gasteiger partial charge in [-0.25, -0.2) is 0 Å². The number of carbonyl (C=O) groups is 1. The molecule has 0 aliphatic carbocycles. The van der Waals surface area contributed by atoms with E-state index in [0.29, 0.717) is 12.2 Å². The van der Waals surface area contributed by atoms with Gasteiger partial charge in [0, 0.05) is 24.4 Å². The highest BCUT2D eigenvalue weighted by molar-refractivity contribution is 5.83. The number of hydrogen-bond acceptors (Lipinski definition) is 3. The molecule has 2 aromatic rings. The van der Waals surface area contributed by atoms with Crippen molar-refractivity contribution in [1.82, 2.24) is 4.90 Å². The topological polar surface area (TPSA) is 29.5 Å². The predicted octanol–water partition coefficient (Wildman–Crippen LogP) is 4.02. The normalized spacial score (nSPS) is 25.3. The van der Waals surface area contributed by atoms with E-state index in [9.17, 15) is 4.79 Å². The van der Waals surface area contributed by atoms with Gasteiger partial charge in [-0.3, -0.25) is 9.69 Å². The summed E-state index contributed by atoms with van der Waals surface area (Å²) in [5.74, 6) is 1.18. The lowest BCUT2D eigenvalue weighted by atomic mass is 9.80. The lowest BCUT2D eigenvalue weighted by Gasteiger charge is -2.43. The molecule has 0 aromatic heterocycles. The zero-order chi connectivity index (χ0) is 16.4. The van der Waals surface area contributed by atoms with Crippen molar-refractivity contribution >= 4 is 5.78 Å². The van der Waals surface area contributed by atoms with E-state index in [2.05, 4.69) is 36.2 Å². The highest BCUT2D eigenvalue weighted by Gasteiger charge is 2.39. The van der Waals surface area contributed by atoms with Crippen LogP contribution in [-0.4, -0.2) is 24.8 Å². The molecule has 1 saturated heterocycles. The maximum absolute atomic E-state index is 12.6. The largest absolute Gasteiger partial charge is 0.497 e. The predicted molar refractivity (Wildman–Crippen MR) is 91.5 cm³/mol. The van der Waals surface area contributed by atoms with Crippen LogP contribution in [0.2, 0.25) is 0 Å². The number of piperidine rings is 1. The number of ketones is 1. The van der Waals surface area contributed by atoms with Crippen molar-refractivity contribution in [3.63, 3.8) is 0 Å². The summed E-state index contributed by atoms with van der Waals surface area (Å²) < 4.78 is 5.23. The number of nitrogens with zero attached hydrogens (tertiary/aromatic N) is 1. The number of benzene rings is 2. The molecule has 120 valence electrons. The maximum Gasteiger partial charge on any atom is 0.139 e. The minimum Gasteiger partial charge on any atom is -0.497 e. The first-order valence-electron chi connectivity index (χ1n) is 8.05. The molecule has 1 fully saturated rings. The zero-order valence-corrected chi connectivity index (χ0v) is 13.9. The van der Waals surface area contributed by atoms with Gasteiger partial charge in [-0.05, 0) is 30.3 Å². The number of carbonyl (C=O) groups excluding carboxylic acids is 1. The number of methoxy groups -OCH3 is 1. The molecule has 1 aliphatic heterocycles. The first kappa shape index (κ1) is 15.8. The molecule has 1 aliphatic rings. The monoisotopic (exact) mass is 309 g/mol. The van der Waals surface area contributed by atoms with Crippen LogP contribution in [-0.2, 0) is 4.79 Å². The smallest absolute Gasteiger partial charge is 0.139 e. The van der Waals surface area contributed by atoms with Crippen molar-refractivity contribution in [3.05, 3.63) is 65.7 Å². The Morgan fingerprint density at radius 3 is 2.26 bits per heavy atom. The number of ether oxygens (including phenoxy) is 1. The molecule has 3 rings (SSSR count). The lowest BCUT2D eigenvalue weighted by molar-refractivity contribution is -0.130. The Morgan fingerprint density at radius 1 is 1.00 bits per heavy atom. The molecule has 23 heavy (non-hydrogen) atoms. The zero-order valence-electron chi connectivity index (χ0n) is 13.9. The van der Waals surface area contributed by atoms with Crippen LogP contribution in [0.25, 0.3) is 0 Å². The summed E-state index contributed by atoms with van der Waals surface area (Å²) in [5, 5.41) is 0. The average Bonchev–Trinajstić information content (AvgIpc) is 2.59. The van der Waals surface area contributed by atoms with Gasteiger partial charge in [0.2, 0.25) is 0 Å². The fraction of sp³-hybridized carbons (Fsp3) is 0.350.